The first kappa shape index (κ1) is 41.1. The minimum Gasteiger partial charge on any atom is -0.493 e. The van der Waals surface area contributed by atoms with Gasteiger partial charge in [-0.3, -0.25) is 34.3 Å². The molecule has 8 rings (SSSR count). The van der Waals surface area contributed by atoms with Crippen molar-refractivity contribution in [1.29, 1.82) is 5.26 Å². The van der Waals surface area contributed by atoms with Crippen molar-refractivity contribution in [3.05, 3.63) is 71.5 Å². The van der Waals surface area contributed by atoms with Crippen molar-refractivity contribution in [1.82, 2.24) is 15.2 Å². The average Bonchev–Trinajstić information content (AvgIpc) is 3.57. The van der Waals surface area contributed by atoms with E-state index in [0.717, 1.165) is 67.0 Å². The van der Waals surface area contributed by atoms with Gasteiger partial charge in [0.05, 0.1) is 30.6 Å². The third-order valence-corrected chi connectivity index (χ3v) is 13.0. The molecule has 4 saturated heterocycles. The second kappa shape index (κ2) is 16.5. The van der Waals surface area contributed by atoms with Gasteiger partial charge in [-0.2, -0.15) is 18.4 Å². The lowest BCUT2D eigenvalue weighted by Gasteiger charge is -2.43. The Labute approximate surface area is 350 Å². The van der Waals surface area contributed by atoms with Crippen LogP contribution in [0.5, 0.6) is 5.75 Å². The van der Waals surface area contributed by atoms with Crippen molar-refractivity contribution in [2.24, 2.45) is 5.92 Å². The number of rotatable bonds is 12. The third-order valence-electron chi connectivity index (χ3n) is 12.6. The Bertz CT molecular complexity index is 2260. The highest BCUT2D eigenvalue weighted by Crippen LogP contribution is 2.49. The molecule has 5 aliphatic rings. The van der Waals surface area contributed by atoms with Crippen molar-refractivity contribution in [2.45, 2.75) is 107 Å². The van der Waals surface area contributed by atoms with Gasteiger partial charge < -0.3 is 20.3 Å². The Kier molecular flexibility index (Phi) is 11.3. The average molecular weight is 843 g/mol. The Morgan fingerprint density at radius 3 is 2.47 bits per heavy atom. The number of ether oxygens (including phenoxy) is 1. The highest BCUT2D eigenvalue weighted by molar-refractivity contribution is 7.81. The Morgan fingerprint density at radius 1 is 1.05 bits per heavy atom. The maximum atomic E-state index is 14.0. The lowest BCUT2D eigenvalue weighted by Crippen LogP contribution is -2.55. The zero-order valence-corrected chi connectivity index (χ0v) is 33.8. The lowest BCUT2D eigenvalue weighted by molar-refractivity contribution is -0.138. The van der Waals surface area contributed by atoms with Crippen molar-refractivity contribution in [3.8, 4) is 11.8 Å². The molecule has 2 bridgehead atoms. The van der Waals surface area contributed by atoms with Crippen LogP contribution in [0.3, 0.4) is 0 Å². The molecule has 4 amide bonds. The number of imide groups is 1. The van der Waals surface area contributed by atoms with E-state index in [1.54, 1.807) is 17.0 Å². The van der Waals surface area contributed by atoms with E-state index in [4.69, 9.17) is 17.0 Å². The SMILES string of the molecule is CCc1cc(N2C(=S)N(c3cnc(C#N)c(C(F)(F)F)c3)C(=O)C23CCC3)ccc1OCC[C@H]1CC2CC[C@H](C1)N2CC(=O)Nc1cccc(NC2CCC(=O)NC2=O)c1. The monoisotopic (exact) mass is 842 g/mol. The molecule has 2 aromatic carbocycles. The maximum Gasteiger partial charge on any atom is 0.419 e. The van der Waals surface area contributed by atoms with E-state index in [-0.39, 0.29) is 34.9 Å². The van der Waals surface area contributed by atoms with E-state index >= 15 is 0 Å². The zero-order valence-electron chi connectivity index (χ0n) is 33.0. The van der Waals surface area contributed by atoms with Gasteiger partial charge in [0.2, 0.25) is 17.7 Å². The maximum absolute atomic E-state index is 14.0. The summed E-state index contributed by atoms with van der Waals surface area (Å²) in [6.07, 6.45) is 4.15. The van der Waals surface area contributed by atoms with Crippen LogP contribution >= 0.6 is 12.2 Å². The van der Waals surface area contributed by atoms with Gasteiger partial charge in [-0.15, -0.1) is 0 Å². The first-order chi connectivity index (χ1) is 28.8. The number of thiocarbonyl (C=S) groups is 1. The summed E-state index contributed by atoms with van der Waals surface area (Å²) in [7, 11) is 0. The number of carbonyl (C=O) groups is 4. The number of benzene rings is 2. The molecule has 4 atom stereocenters. The van der Waals surface area contributed by atoms with E-state index in [1.807, 2.05) is 37.3 Å². The number of hydrogen-bond acceptors (Lipinski definition) is 10. The number of nitrogens with one attached hydrogen (secondary N) is 3. The topological polar surface area (TPSA) is 160 Å². The minimum atomic E-state index is -4.84. The summed E-state index contributed by atoms with van der Waals surface area (Å²) in [5.74, 6) is 0.0120. The molecule has 17 heteroatoms. The number of hydrogen-bond donors (Lipinski definition) is 3. The molecule has 4 aliphatic heterocycles. The van der Waals surface area contributed by atoms with Gasteiger partial charge in [0, 0.05) is 35.6 Å². The van der Waals surface area contributed by atoms with Crippen LogP contribution in [0.4, 0.5) is 35.9 Å². The number of amides is 4. The number of carbonyl (C=O) groups excluding carboxylic acids is 4. The lowest BCUT2D eigenvalue weighted by atomic mass is 9.75. The number of anilines is 4. The van der Waals surface area contributed by atoms with Crippen LogP contribution in [0.15, 0.2) is 54.7 Å². The van der Waals surface area contributed by atoms with Gasteiger partial charge in [0.25, 0.3) is 5.91 Å². The molecule has 2 unspecified atom stereocenters. The Morgan fingerprint density at radius 2 is 1.80 bits per heavy atom. The first-order valence-electron chi connectivity index (χ1n) is 20.5. The van der Waals surface area contributed by atoms with Crippen LogP contribution in [-0.4, -0.2) is 75.4 Å². The molecule has 60 heavy (non-hydrogen) atoms. The number of halogens is 3. The molecule has 1 aliphatic carbocycles. The summed E-state index contributed by atoms with van der Waals surface area (Å²) >= 11 is 5.80. The second-order valence-electron chi connectivity index (χ2n) is 16.3. The predicted octanol–water partition coefficient (Wildman–Crippen LogP) is 6.46. The number of fused-ring (bicyclic) bond motifs is 2. The molecule has 1 aromatic heterocycles. The largest absolute Gasteiger partial charge is 0.493 e. The van der Waals surface area contributed by atoms with Crippen molar-refractivity contribution >= 4 is 63.7 Å². The number of nitrogens with zero attached hydrogens (tertiary/aromatic N) is 5. The fourth-order valence-corrected chi connectivity index (χ4v) is 9.98. The van der Waals surface area contributed by atoms with E-state index in [0.29, 0.717) is 73.9 Å². The molecule has 3 N–H and O–H groups in total. The fraction of sp³-hybridized carbons (Fsp3) is 0.465. The number of aryl methyl sites for hydroxylation is 1. The fourth-order valence-electron chi connectivity index (χ4n) is 9.51. The molecule has 1 spiro atoms. The standard InChI is InChI=1S/C43H45F3N8O5S/c1-2-26-19-31(54-41(60)53(40(58)42(54)14-4-15-42)32-21-33(43(44,45)46)35(22-47)48-23-32)9-11-36(26)59-16-13-25-17-29-7-8-30(18-25)52(29)24-38(56)50-28-6-3-5-27(20-28)49-34-10-12-37(55)51-39(34)57/h3,5-6,9,11,19-21,23,25,29-30,34,49H,2,4,7-8,10,12-18,24H2,1H3,(H,50,56)(H,51,55,57)/t25-,29-,30?,34?/m1/s1. The quantitative estimate of drug-likeness (QED) is 0.136. The Hall–Kier alpha value is -5.60. The molecular formula is C43H45F3N8O5S. The summed E-state index contributed by atoms with van der Waals surface area (Å²) in [4.78, 5) is 59.8. The number of alkyl halides is 3. The first-order valence-corrected chi connectivity index (χ1v) is 20.9. The smallest absolute Gasteiger partial charge is 0.419 e. The summed E-state index contributed by atoms with van der Waals surface area (Å²) in [5, 5.41) is 17.8. The van der Waals surface area contributed by atoms with Crippen molar-refractivity contribution in [2.75, 3.05) is 33.6 Å². The van der Waals surface area contributed by atoms with Crippen LogP contribution in [-0.2, 0) is 31.8 Å². The normalized spacial score (nSPS) is 23.6. The molecule has 1 saturated carbocycles. The van der Waals surface area contributed by atoms with Crippen LogP contribution < -0.4 is 30.5 Å². The molecule has 0 radical (unpaired) electrons. The van der Waals surface area contributed by atoms with Gasteiger partial charge in [-0.25, -0.2) is 4.98 Å². The van der Waals surface area contributed by atoms with Gasteiger partial charge in [0.1, 0.15) is 23.4 Å². The summed E-state index contributed by atoms with van der Waals surface area (Å²) in [6, 6.07) is 15.2. The van der Waals surface area contributed by atoms with Crippen LogP contribution in [0, 0.1) is 17.2 Å². The minimum absolute atomic E-state index is 0.0574. The molecule has 3 aromatic rings. The summed E-state index contributed by atoms with van der Waals surface area (Å²) < 4.78 is 47.9. The third kappa shape index (κ3) is 7.90. The van der Waals surface area contributed by atoms with Gasteiger partial charge in [0.15, 0.2) is 10.8 Å². The molecule has 314 valence electrons. The highest BCUT2D eigenvalue weighted by Gasteiger charge is 2.60. The van der Waals surface area contributed by atoms with Crippen LogP contribution in [0.1, 0.15) is 88.0 Å². The number of aromatic nitrogens is 1. The van der Waals surface area contributed by atoms with E-state index in [2.05, 4.69) is 25.8 Å². The highest BCUT2D eigenvalue weighted by atomic mass is 32.1. The molecule has 5 heterocycles. The van der Waals surface area contributed by atoms with Gasteiger partial charge >= 0.3 is 6.18 Å². The molecule has 13 nitrogen and oxygen atoms in total. The van der Waals surface area contributed by atoms with Gasteiger partial charge in [-0.05, 0) is 130 Å². The Balaban J connectivity index is 0.863. The predicted molar refractivity (Wildman–Crippen MR) is 220 cm³/mol. The molecule has 5 fully saturated rings. The van der Waals surface area contributed by atoms with Crippen molar-refractivity contribution in [3.63, 3.8) is 0 Å². The summed E-state index contributed by atoms with van der Waals surface area (Å²) in [6.45, 7) is 2.80. The summed E-state index contributed by atoms with van der Waals surface area (Å²) in [5.41, 5.74) is -0.279. The molecular weight excluding hydrogens is 798 g/mol. The van der Waals surface area contributed by atoms with Crippen LogP contribution in [0.2, 0.25) is 0 Å². The number of nitriles is 1. The van der Waals surface area contributed by atoms with Crippen molar-refractivity contribution < 1.29 is 37.1 Å². The number of piperidine rings is 2. The van der Waals surface area contributed by atoms with Crippen LogP contribution in [0.25, 0.3) is 0 Å². The number of pyridine rings is 1. The van der Waals surface area contributed by atoms with E-state index in [1.165, 1.54) is 6.07 Å². The second-order valence-corrected chi connectivity index (χ2v) is 16.7. The van der Waals surface area contributed by atoms with E-state index in [9.17, 15) is 37.6 Å². The van der Waals surface area contributed by atoms with E-state index < -0.39 is 34.9 Å². The van der Waals surface area contributed by atoms with Gasteiger partial charge in [-0.1, -0.05) is 13.0 Å². The zero-order chi connectivity index (χ0) is 42.3.